The molecule has 4 rings (SSSR count). The van der Waals surface area contributed by atoms with Gasteiger partial charge in [-0.25, -0.2) is 4.79 Å². The fourth-order valence-corrected chi connectivity index (χ4v) is 4.10. The highest BCUT2D eigenvalue weighted by molar-refractivity contribution is 6.30. The van der Waals surface area contributed by atoms with E-state index in [2.05, 4.69) is 0 Å². The number of phenols is 1. The zero-order valence-corrected chi connectivity index (χ0v) is 17.7. The molecule has 32 heavy (non-hydrogen) atoms. The van der Waals surface area contributed by atoms with Crippen molar-refractivity contribution >= 4 is 29.3 Å². The summed E-state index contributed by atoms with van der Waals surface area (Å²) in [6.45, 7) is 0.148. The molecule has 0 spiro atoms. The van der Waals surface area contributed by atoms with Gasteiger partial charge in [0.05, 0.1) is 11.6 Å². The number of Topliss-reactive ketones (excluding diaryl/α,β-unsaturated/α-hetero) is 1. The van der Waals surface area contributed by atoms with Crippen molar-refractivity contribution in [2.75, 3.05) is 0 Å². The highest BCUT2D eigenvalue weighted by Crippen LogP contribution is 2.27. The second-order valence-corrected chi connectivity index (χ2v) is 8.20. The molecule has 1 aliphatic rings. The molecule has 0 fully saturated rings. The molecule has 1 atom stereocenters. The molecule has 0 aliphatic carbocycles. The van der Waals surface area contributed by atoms with E-state index >= 15 is 0 Å². The Morgan fingerprint density at radius 3 is 2.28 bits per heavy atom. The lowest BCUT2D eigenvalue weighted by atomic mass is 9.97. The van der Waals surface area contributed by atoms with Crippen molar-refractivity contribution in [3.8, 4) is 5.75 Å². The van der Waals surface area contributed by atoms with Crippen LogP contribution in [-0.4, -0.2) is 38.8 Å². The largest absolute Gasteiger partial charge is 0.508 e. The number of carbonyl (C=O) groups is 3. The third-order valence-corrected chi connectivity index (χ3v) is 5.83. The summed E-state index contributed by atoms with van der Waals surface area (Å²) in [5, 5.41) is 19.2. The van der Waals surface area contributed by atoms with Gasteiger partial charge in [-0.15, -0.1) is 0 Å². The van der Waals surface area contributed by atoms with Gasteiger partial charge in [-0.05, 0) is 59.2 Å². The smallest absolute Gasteiger partial charge is 0.335 e. The van der Waals surface area contributed by atoms with Crippen molar-refractivity contribution in [3.63, 3.8) is 0 Å². The van der Waals surface area contributed by atoms with E-state index < -0.39 is 12.0 Å². The van der Waals surface area contributed by atoms with Crippen LogP contribution < -0.4 is 0 Å². The maximum Gasteiger partial charge on any atom is 0.335 e. The second-order valence-electron chi connectivity index (χ2n) is 7.77. The van der Waals surface area contributed by atoms with E-state index in [1.807, 2.05) is 0 Å². The zero-order chi connectivity index (χ0) is 22.8. The third kappa shape index (κ3) is 4.50. The van der Waals surface area contributed by atoms with Gasteiger partial charge < -0.3 is 15.1 Å². The molecule has 3 aromatic carbocycles. The van der Waals surface area contributed by atoms with Crippen LogP contribution in [0.3, 0.4) is 0 Å². The quantitative estimate of drug-likeness (QED) is 0.611. The van der Waals surface area contributed by atoms with E-state index in [0.29, 0.717) is 28.1 Å². The monoisotopic (exact) mass is 449 g/mol. The number of ketones is 1. The molecule has 6 nitrogen and oxygen atoms in total. The Hall–Kier alpha value is -3.64. The number of fused-ring (bicyclic) bond motifs is 1. The molecular formula is C25H20ClNO5. The molecular weight excluding hydrogens is 430 g/mol. The number of benzene rings is 3. The summed E-state index contributed by atoms with van der Waals surface area (Å²) in [5.74, 6) is -1.31. The number of hydrogen-bond acceptors (Lipinski definition) is 4. The van der Waals surface area contributed by atoms with Gasteiger partial charge in [-0.3, -0.25) is 9.59 Å². The van der Waals surface area contributed by atoms with Crippen LogP contribution in [0.1, 0.15) is 37.4 Å². The van der Waals surface area contributed by atoms with Crippen molar-refractivity contribution < 1.29 is 24.6 Å². The van der Waals surface area contributed by atoms with Crippen molar-refractivity contribution in [3.05, 3.63) is 99.6 Å². The van der Waals surface area contributed by atoms with Crippen LogP contribution in [-0.2, 0) is 24.2 Å². The van der Waals surface area contributed by atoms with E-state index in [4.69, 9.17) is 16.7 Å². The summed E-state index contributed by atoms with van der Waals surface area (Å²) in [4.78, 5) is 39.5. The third-order valence-electron chi connectivity index (χ3n) is 5.59. The summed E-state index contributed by atoms with van der Waals surface area (Å²) >= 11 is 6.11. The summed E-state index contributed by atoms with van der Waals surface area (Å²) in [7, 11) is 0. The van der Waals surface area contributed by atoms with Crippen LogP contribution in [0.2, 0.25) is 5.02 Å². The van der Waals surface area contributed by atoms with Crippen molar-refractivity contribution in [1.29, 1.82) is 0 Å². The Kier molecular flexibility index (Phi) is 5.97. The Balaban J connectivity index is 1.72. The van der Waals surface area contributed by atoms with Crippen LogP contribution >= 0.6 is 11.6 Å². The van der Waals surface area contributed by atoms with Crippen molar-refractivity contribution in [2.24, 2.45) is 0 Å². The molecule has 0 bridgehead atoms. The van der Waals surface area contributed by atoms with Crippen LogP contribution in [0.4, 0.5) is 0 Å². The number of aromatic carboxylic acids is 1. The fraction of sp³-hybridized carbons (Fsp3) is 0.160. The number of amides is 1. The van der Waals surface area contributed by atoms with Gasteiger partial charge >= 0.3 is 5.97 Å². The number of hydrogen-bond donors (Lipinski definition) is 2. The molecule has 3 aromatic rings. The van der Waals surface area contributed by atoms with Gasteiger partial charge in [0.2, 0.25) is 0 Å². The van der Waals surface area contributed by atoms with Gasteiger partial charge in [0, 0.05) is 30.0 Å². The average Bonchev–Trinajstić information content (AvgIpc) is 2.85. The molecule has 0 radical (unpaired) electrons. The molecule has 0 saturated carbocycles. The number of aromatic hydroxyl groups is 1. The van der Waals surface area contributed by atoms with Crippen LogP contribution in [0.15, 0.2) is 66.7 Å². The summed E-state index contributed by atoms with van der Waals surface area (Å²) in [6.07, 6.45) is 0.374. The summed E-state index contributed by atoms with van der Waals surface area (Å²) in [5.41, 5.74) is 2.69. The Morgan fingerprint density at radius 2 is 1.62 bits per heavy atom. The van der Waals surface area contributed by atoms with Crippen LogP contribution in [0.25, 0.3) is 0 Å². The first kappa shape index (κ1) is 21.6. The Bertz CT molecular complexity index is 1190. The minimum atomic E-state index is -1.03. The first-order valence-electron chi connectivity index (χ1n) is 10.0. The Morgan fingerprint density at radius 1 is 0.969 bits per heavy atom. The normalized spacial score (nSPS) is 15.9. The van der Waals surface area contributed by atoms with Crippen LogP contribution in [0, 0.1) is 0 Å². The van der Waals surface area contributed by atoms with Gasteiger partial charge in [-0.2, -0.15) is 0 Å². The average molecular weight is 450 g/mol. The molecule has 1 heterocycles. The van der Waals surface area contributed by atoms with Crippen molar-refractivity contribution in [1.82, 2.24) is 4.90 Å². The summed E-state index contributed by atoms with van der Waals surface area (Å²) < 4.78 is 0. The topological polar surface area (TPSA) is 94.9 Å². The minimum Gasteiger partial charge on any atom is -0.508 e. The molecule has 162 valence electrons. The number of halogens is 1. The lowest BCUT2D eigenvalue weighted by molar-refractivity contribution is -0.122. The number of carbonyl (C=O) groups excluding carboxylic acids is 2. The maximum atomic E-state index is 13.5. The lowest BCUT2D eigenvalue weighted by Crippen LogP contribution is -2.44. The number of carboxylic acid groups (broad SMARTS) is 1. The zero-order valence-electron chi connectivity index (χ0n) is 17.0. The fourth-order valence-electron chi connectivity index (χ4n) is 3.90. The van der Waals surface area contributed by atoms with Crippen molar-refractivity contribution in [2.45, 2.75) is 25.4 Å². The molecule has 2 N–H and O–H groups in total. The first-order valence-corrected chi connectivity index (χ1v) is 10.4. The predicted octanol–water partition coefficient (Wildman–Crippen LogP) is 4.12. The molecule has 0 aromatic heterocycles. The molecule has 0 saturated heterocycles. The van der Waals surface area contributed by atoms with Gasteiger partial charge in [0.25, 0.3) is 5.91 Å². The predicted molar refractivity (Wildman–Crippen MR) is 119 cm³/mol. The van der Waals surface area contributed by atoms with E-state index in [0.717, 1.165) is 5.56 Å². The molecule has 1 amide bonds. The molecule has 7 heteroatoms. The SMILES string of the molecule is O=C(O)c1ccc(CN2C(=O)c3ccc(Cl)cc3CC(=O)[C@H]2Cc2ccc(O)cc2)cc1. The first-order chi connectivity index (χ1) is 15.3. The number of nitrogens with zero attached hydrogens (tertiary/aromatic N) is 1. The van der Waals surface area contributed by atoms with Gasteiger partial charge in [0.15, 0.2) is 5.78 Å². The van der Waals surface area contributed by atoms with Gasteiger partial charge in [0.1, 0.15) is 5.75 Å². The highest BCUT2D eigenvalue weighted by atomic mass is 35.5. The van der Waals surface area contributed by atoms with Crippen LogP contribution in [0.5, 0.6) is 5.75 Å². The number of rotatable bonds is 5. The highest BCUT2D eigenvalue weighted by Gasteiger charge is 2.35. The van der Waals surface area contributed by atoms with E-state index in [1.54, 1.807) is 54.6 Å². The Labute approximate surface area is 189 Å². The summed E-state index contributed by atoms with van der Waals surface area (Å²) in [6, 6.07) is 17.0. The molecule has 0 unspecified atom stereocenters. The van der Waals surface area contributed by atoms with E-state index in [9.17, 15) is 19.5 Å². The van der Waals surface area contributed by atoms with E-state index in [-0.39, 0.29) is 36.0 Å². The molecule has 1 aliphatic heterocycles. The van der Waals surface area contributed by atoms with Gasteiger partial charge in [-0.1, -0.05) is 35.9 Å². The number of phenolic OH excluding ortho intramolecular Hbond substituents is 1. The second kappa shape index (κ2) is 8.85. The van der Waals surface area contributed by atoms with E-state index in [1.165, 1.54) is 17.0 Å². The maximum absolute atomic E-state index is 13.5. The lowest BCUT2D eigenvalue weighted by Gasteiger charge is -2.29. The number of carboxylic acids is 1. The standard InChI is InChI=1S/C25H20ClNO5/c26-19-7-10-21-18(12-19)13-23(29)22(11-15-3-8-20(28)9-4-15)27(24(21)30)14-16-1-5-17(6-2-16)25(31)32/h1-10,12,22,28H,11,13-14H2,(H,31,32)/t22-/m1/s1. The minimum absolute atomic E-state index is 0.0822.